The number of carbonyl (C=O) groups excluding carboxylic acids is 2. The molecule has 0 spiro atoms. The first-order valence-electron chi connectivity index (χ1n) is 14.2. The number of primary amides is 1. The van der Waals surface area contributed by atoms with Crippen molar-refractivity contribution in [3.63, 3.8) is 0 Å². The smallest absolute Gasteiger partial charge is 0.353 e. The van der Waals surface area contributed by atoms with Crippen molar-refractivity contribution in [2.75, 3.05) is 46.7 Å². The first-order valence-corrected chi connectivity index (χ1v) is 14.2. The van der Waals surface area contributed by atoms with Crippen molar-refractivity contribution in [1.29, 1.82) is 0 Å². The van der Waals surface area contributed by atoms with Crippen LogP contribution in [0.2, 0.25) is 0 Å². The lowest BCUT2D eigenvalue weighted by molar-refractivity contribution is 0.0687. The molecule has 13 nitrogen and oxygen atoms in total. The van der Waals surface area contributed by atoms with Gasteiger partial charge in [-0.25, -0.2) is 9.78 Å². The van der Waals surface area contributed by atoms with Crippen LogP contribution in [0, 0.1) is 0 Å². The van der Waals surface area contributed by atoms with E-state index in [0.29, 0.717) is 40.3 Å². The predicted octanol–water partition coefficient (Wildman–Crippen LogP) is 3.86. The number of aromatic carboxylic acids is 1. The number of aryl methyl sites for hydroxylation is 1. The fourth-order valence-corrected chi connectivity index (χ4v) is 5.30. The number of aromatic nitrogens is 3. The zero-order valence-electron chi connectivity index (χ0n) is 26.7. The number of likely N-dealkylation sites (N-methyl/N-ethyl adjacent to an activating group) is 1. The third kappa shape index (κ3) is 6.38. The zero-order chi connectivity index (χ0) is 33.2. The fourth-order valence-electron chi connectivity index (χ4n) is 5.30. The van der Waals surface area contributed by atoms with Crippen LogP contribution in [0.3, 0.4) is 0 Å². The molecule has 45 heavy (non-hydrogen) atoms. The van der Waals surface area contributed by atoms with Gasteiger partial charge in [0.15, 0.2) is 5.75 Å². The summed E-state index contributed by atoms with van der Waals surface area (Å²) >= 11 is 0. The largest absolute Gasteiger partial charge is 0.495 e. The maximum atomic E-state index is 14.1. The van der Waals surface area contributed by atoms with Crippen molar-refractivity contribution in [1.82, 2.24) is 24.8 Å². The van der Waals surface area contributed by atoms with Gasteiger partial charge in [-0.05, 0) is 37.2 Å². The van der Waals surface area contributed by atoms with Gasteiger partial charge in [0.2, 0.25) is 11.8 Å². The van der Waals surface area contributed by atoms with Gasteiger partial charge in [0.05, 0.1) is 23.8 Å². The Kier molecular flexibility index (Phi) is 9.33. The molecule has 13 heteroatoms. The summed E-state index contributed by atoms with van der Waals surface area (Å²) in [5, 5.41) is 16.9. The summed E-state index contributed by atoms with van der Waals surface area (Å²) in [6.07, 6.45) is 1.54. The normalized spacial score (nSPS) is 11.5. The molecule has 2 aromatic heterocycles. The second kappa shape index (κ2) is 12.8. The molecule has 0 aliphatic rings. The lowest BCUT2D eigenvalue weighted by Gasteiger charge is -2.28. The van der Waals surface area contributed by atoms with Gasteiger partial charge in [-0.1, -0.05) is 32.9 Å². The van der Waals surface area contributed by atoms with Gasteiger partial charge in [-0.15, -0.1) is 0 Å². The number of hydrogen-bond acceptors (Lipinski definition) is 9. The van der Waals surface area contributed by atoms with Crippen molar-refractivity contribution in [2.24, 2.45) is 12.8 Å². The molecule has 0 bridgehead atoms. The van der Waals surface area contributed by atoms with Crippen LogP contribution >= 0.6 is 0 Å². The Morgan fingerprint density at radius 1 is 1.13 bits per heavy atom. The number of ether oxygens (including phenoxy) is 2. The lowest BCUT2D eigenvalue weighted by Crippen LogP contribution is -2.33. The van der Waals surface area contributed by atoms with Crippen molar-refractivity contribution < 1.29 is 29.0 Å². The molecular formula is C32H39N7O6. The van der Waals surface area contributed by atoms with Gasteiger partial charge in [0.25, 0.3) is 11.8 Å². The molecular weight excluding hydrogens is 578 g/mol. The standard InChI is InChI=1S/C32H39N7O6/c1-32(2,3)19-16-18(28(33)40)27(44-8)24(29(41)35-14-15-38(5)6)23(19)22-17-10-9-11-20(25(17)39(7)26(22)30(42)43)45-21-12-13-36-31(34-4)37-21/h9-13,16H,14-15H2,1-8H3,(H2,33,40)(H,35,41)(H,42,43)(H,34,36,37). The summed E-state index contributed by atoms with van der Waals surface area (Å²) in [6, 6.07) is 8.36. The van der Waals surface area contributed by atoms with Gasteiger partial charge < -0.3 is 40.4 Å². The third-order valence-corrected chi connectivity index (χ3v) is 7.33. The molecule has 0 saturated heterocycles. The number of fused-ring (bicyclic) bond motifs is 1. The Balaban J connectivity index is 2.15. The molecule has 0 saturated carbocycles. The number of carboxylic acid groups (broad SMARTS) is 1. The number of amides is 2. The summed E-state index contributed by atoms with van der Waals surface area (Å²) in [6.45, 7) is 6.55. The van der Waals surface area contributed by atoms with Crippen LogP contribution in [0.4, 0.5) is 5.95 Å². The molecule has 0 unspecified atom stereocenters. The zero-order valence-corrected chi connectivity index (χ0v) is 26.7. The van der Waals surface area contributed by atoms with Gasteiger partial charge in [-0.3, -0.25) is 9.59 Å². The fraction of sp³-hybridized carbons (Fsp3) is 0.344. The van der Waals surface area contributed by atoms with E-state index in [2.05, 4.69) is 20.6 Å². The van der Waals surface area contributed by atoms with E-state index in [9.17, 15) is 19.5 Å². The number of benzene rings is 2. The second-order valence-corrected chi connectivity index (χ2v) is 11.7. The topological polar surface area (TPSA) is 174 Å². The average molecular weight is 618 g/mol. The Morgan fingerprint density at radius 3 is 2.42 bits per heavy atom. The molecule has 0 aliphatic carbocycles. The van der Waals surface area contributed by atoms with E-state index in [0.717, 1.165) is 0 Å². The molecule has 0 aliphatic heterocycles. The lowest BCUT2D eigenvalue weighted by atomic mass is 9.77. The number of nitrogens with zero attached hydrogens (tertiary/aromatic N) is 4. The summed E-state index contributed by atoms with van der Waals surface area (Å²) in [7, 11) is 8.39. The van der Waals surface area contributed by atoms with E-state index in [1.165, 1.54) is 17.9 Å². The Hall–Kier alpha value is -5.17. The van der Waals surface area contributed by atoms with Crippen molar-refractivity contribution in [3.05, 3.63) is 58.9 Å². The number of carbonyl (C=O) groups is 3. The van der Waals surface area contributed by atoms with Crippen molar-refractivity contribution >= 4 is 34.6 Å². The first-order chi connectivity index (χ1) is 21.2. The third-order valence-electron chi connectivity index (χ3n) is 7.33. The molecule has 4 rings (SSSR count). The van der Waals surface area contributed by atoms with E-state index in [1.807, 2.05) is 39.8 Å². The summed E-state index contributed by atoms with van der Waals surface area (Å²) in [5.74, 6) is -1.69. The summed E-state index contributed by atoms with van der Waals surface area (Å²) in [5.41, 5.74) is 6.60. The number of nitrogens with two attached hydrogens (primary N) is 1. The number of anilines is 1. The number of nitrogens with one attached hydrogen (secondary N) is 2. The monoisotopic (exact) mass is 617 g/mol. The quantitative estimate of drug-likeness (QED) is 0.193. The summed E-state index contributed by atoms with van der Waals surface area (Å²) in [4.78, 5) is 50.2. The highest BCUT2D eigenvalue weighted by atomic mass is 16.5. The first kappa shape index (κ1) is 32.7. The predicted molar refractivity (Wildman–Crippen MR) is 172 cm³/mol. The van der Waals surface area contributed by atoms with Crippen LogP contribution in [-0.2, 0) is 12.5 Å². The number of hydrogen-bond donors (Lipinski definition) is 4. The van der Waals surface area contributed by atoms with E-state index in [1.54, 1.807) is 44.4 Å². The van der Waals surface area contributed by atoms with Gasteiger partial charge in [0.1, 0.15) is 11.4 Å². The Labute approximate surface area is 261 Å². The SMILES string of the molecule is CNc1nccc(Oc2cccc3c(-c4c(C(C)(C)C)cc(C(N)=O)c(OC)c4C(=O)NCCN(C)C)c(C(=O)O)n(C)c23)n1. The number of carboxylic acids is 1. The van der Waals surface area contributed by atoms with E-state index in [-0.39, 0.29) is 40.6 Å². The van der Waals surface area contributed by atoms with E-state index >= 15 is 0 Å². The molecule has 2 aromatic carbocycles. The number of methoxy groups -OCH3 is 1. The van der Waals surface area contributed by atoms with Crippen LogP contribution in [0.15, 0.2) is 36.5 Å². The van der Waals surface area contributed by atoms with Crippen LogP contribution in [-0.4, -0.2) is 83.7 Å². The maximum absolute atomic E-state index is 14.1. The van der Waals surface area contributed by atoms with Gasteiger partial charge in [0, 0.05) is 56.0 Å². The van der Waals surface area contributed by atoms with Crippen LogP contribution in [0.1, 0.15) is 57.5 Å². The minimum atomic E-state index is -1.23. The van der Waals surface area contributed by atoms with E-state index in [4.69, 9.17) is 15.2 Å². The molecule has 5 N–H and O–H groups in total. The Bertz CT molecular complexity index is 1790. The average Bonchev–Trinajstić information content (AvgIpc) is 3.28. The van der Waals surface area contributed by atoms with E-state index < -0.39 is 23.2 Å². The maximum Gasteiger partial charge on any atom is 0.353 e. The number of para-hydroxylation sites is 1. The molecule has 0 fully saturated rings. The van der Waals surface area contributed by atoms with Crippen molar-refractivity contribution in [2.45, 2.75) is 26.2 Å². The van der Waals surface area contributed by atoms with Crippen LogP contribution < -0.4 is 25.8 Å². The summed E-state index contributed by atoms with van der Waals surface area (Å²) < 4.78 is 13.4. The highest BCUT2D eigenvalue weighted by Gasteiger charge is 2.35. The molecule has 0 radical (unpaired) electrons. The van der Waals surface area contributed by atoms with Crippen LogP contribution in [0.5, 0.6) is 17.4 Å². The Morgan fingerprint density at radius 2 is 1.84 bits per heavy atom. The highest BCUT2D eigenvalue weighted by Crippen LogP contribution is 2.47. The molecule has 4 aromatic rings. The van der Waals surface area contributed by atoms with Crippen LogP contribution in [0.25, 0.3) is 22.0 Å². The molecule has 0 atom stereocenters. The van der Waals surface area contributed by atoms with Crippen molar-refractivity contribution in [3.8, 4) is 28.5 Å². The molecule has 2 amide bonds. The number of rotatable bonds is 11. The van der Waals surface area contributed by atoms with Gasteiger partial charge in [-0.2, -0.15) is 4.98 Å². The second-order valence-electron chi connectivity index (χ2n) is 11.7. The minimum absolute atomic E-state index is 0.00765. The molecule has 238 valence electrons. The molecule has 2 heterocycles. The minimum Gasteiger partial charge on any atom is -0.495 e. The highest BCUT2D eigenvalue weighted by molar-refractivity contribution is 6.16. The van der Waals surface area contributed by atoms with Gasteiger partial charge >= 0.3 is 5.97 Å².